The van der Waals surface area contributed by atoms with Crippen LogP contribution in [-0.2, 0) is 15.0 Å². The Kier molecular flexibility index (Phi) is 5.85. The van der Waals surface area contributed by atoms with Crippen LogP contribution in [-0.4, -0.2) is 18.4 Å². The Morgan fingerprint density at radius 1 is 1.08 bits per heavy atom. The van der Waals surface area contributed by atoms with Gasteiger partial charge in [-0.2, -0.15) is 0 Å². The molecule has 2 amide bonds. The molecular weight excluding hydrogens is 336 g/mol. The fraction of sp³-hybridized carbons (Fsp3) is 0.300. The molecule has 0 saturated carbocycles. The summed E-state index contributed by atoms with van der Waals surface area (Å²) in [4.78, 5) is 25.6. The summed E-state index contributed by atoms with van der Waals surface area (Å²) in [7, 11) is 0. The van der Waals surface area contributed by atoms with Crippen molar-refractivity contribution in [2.24, 2.45) is 0 Å². The molecule has 0 aromatic heterocycles. The summed E-state index contributed by atoms with van der Waals surface area (Å²) in [5.41, 5.74) is 2.54. The number of halogens is 1. The van der Waals surface area contributed by atoms with Crippen molar-refractivity contribution in [3.63, 3.8) is 0 Å². The Morgan fingerprint density at radius 2 is 1.72 bits per heavy atom. The highest BCUT2D eigenvalue weighted by molar-refractivity contribution is 6.31. The maximum absolute atomic E-state index is 12.3. The van der Waals surface area contributed by atoms with Gasteiger partial charge < -0.3 is 10.2 Å². The second-order valence-corrected chi connectivity index (χ2v) is 7.40. The van der Waals surface area contributed by atoms with Gasteiger partial charge in [0, 0.05) is 23.3 Å². The summed E-state index contributed by atoms with van der Waals surface area (Å²) in [5.74, 6) is -0.487. The first kappa shape index (κ1) is 19.0. The lowest BCUT2D eigenvalue weighted by atomic mass is 9.87. The van der Waals surface area contributed by atoms with Crippen molar-refractivity contribution < 1.29 is 9.59 Å². The lowest BCUT2D eigenvalue weighted by molar-refractivity contribution is -0.120. The Balaban J connectivity index is 2.08. The zero-order chi connectivity index (χ0) is 18.6. The Labute approximate surface area is 153 Å². The van der Waals surface area contributed by atoms with E-state index in [1.54, 1.807) is 24.3 Å². The number of benzene rings is 2. The van der Waals surface area contributed by atoms with Gasteiger partial charge in [-0.3, -0.25) is 9.59 Å². The number of anilines is 2. The largest absolute Gasteiger partial charge is 0.325 e. The fourth-order valence-corrected chi connectivity index (χ4v) is 2.61. The number of nitrogens with zero attached hydrogens (tertiary/aromatic N) is 1. The molecule has 0 bridgehead atoms. The van der Waals surface area contributed by atoms with Crippen LogP contribution in [0, 0.1) is 0 Å². The summed E-state index contributed by atoms with van der Waals surface area (Å²) in [6.07, 6.45) is 0. The molecule has 5 heteroatoms. The summed E-state index contributed by atoms with van der Waals surface area (Å²) < 4.78 is 0. The van der Waals surface area contributed by atoms with Crippen LogP contribution in [0.4, 0.5) is 11.4 Å². The summed E-state index contributed by atoms with van der Waals surface area (Å²) in [5, 5.41) is 3.34. The van der Waals surface area contributed by atoms with Crippen LogP contribution >= 0.6 is 11.6 Å². The van der Waals surface area contributed by atoms with Crippen LogP contribution in [0.2, 0.25) is 5.02 Å². The van der Waals surface area contributed by atoms with Gasteiger partial charge in [0.1, 0.15) is 6.54 Å². The first-order chi connectivity index (χ1) is 11.7. The van der Waals surface area contributed by atoms with E-state index in [1.165, 1.54) is 17.4 Å². The van der Waals surface area contributed by atoms with Gasteiger partial charge in [-0.25, -0.2) is 0 Å². The summed E-state index contributed by atoms with van der Waals surface area (Å²) >= 11 is 5.97. The van der Waals surface area contributed by atoms with Crippen molar-refractivity contribution in [2.75, 3.05) is 16.8 Å². The molecule has 0 unspecified atom stereocenters. The van der Waals surface area contributed by atoms with Crippen molar-refractivity contribution in [1.82, 2.24) is 0 Å². The van der Waals surface area contributed by atoms with E-state index in [4.69, 9.17) is 11.6 Å². The van der Waals surface area contributed by atoms with Gasteiger partial charge in [0.15, 0.2) is 0 Å². The molecule has 0 spiro atoms. The Morgan fingerprint density at radius 3 is 2.24 bits per heavy atom. The number of carbonyl (C=O) groups is 2. The van der Waals surface area contributed by atoms with Gasteiger partial charge in [-0.1, -0.05) is 50.6 Å². The van der Waals surface area contributed by atoms with E-state index in [0.29, 0.717) is 16.4 Å². The van der Waals surface area contributed by atoms with Crippen LogP contribution in [0.25, 0.3) is 0 Å². The van der Waals surface area contributed by atoms with E-state index >= 15 is 0 Å². The molecule has 0 atom stereocenters. The molecule has 2 rings (SSSR count). The minimum atomic E-state index is -0.265. The average Bonchev–Trinajstić information content (AvgIpc) is 2.52. The molecule has 2 aromatic rings. The maximum Gasteiger partial charge on any atom is 0.244 e. The van der Waals surface area contributed by atoms with Gasteiger partial charge in [0.2, 0.25) is 11.8 Å². The van der Waals surface area contributed by atoms with E-state index in [2.05, 4.69) is 26.1 Å². The number of amides is 2. The van der Waals surface area contributed by atoms with Crippen molar-refractivity contribution >= 4 is 34.8 Å². The van der Waals surface area contributed by atoms with E-state index in [0.717, 1.165) is 0 Å². The molecule has 25 heavy (non-hydrogen) atoms. The first-order valence-electron chi connectivity index (χ1n) is 8.11. The molecule has 0 radical (unpaired) electrons. The number of nitrogens with one attached hydrogen (secondary N) is 1. The molecule has 0 saturated heterocycles. The third-order valence-electron chi connectivity index (χ3n) is 3.84. The Hall–Kier alpha value is -2.33. The number of hydrogen-bond donors (Lipinski definition) is 1. The topological polar surface area (TPSA) is 49.4 Å². The average molecular weight is 359 g/mol. The smallest absolute Gasteiger partial charge is 0.244 e. The fourth-order valence-electron chi connectivity index (χ4n) is 2.43. The van der Waals surface area contributed by atoms with E-state index in [1.807, 2.05) is 24.3 Å². The SMILES string of the molecule is CC(=O)N(CC(=O)Nc1ccc(C(C)(C)C)cc1)c1cccc(Cl)c1. The lowest BCUT2D eigenvalue weighted by Crippen LogP contribution is -2.36. The van der Waals surface area contributed by atoms with Crippen LogP contribution in [0.3, 0.4) is 0 Å². The summed E-state index contributed by atoms with van der Waals surface area (Å²) in [6.45, 7) is 7.76. The van der Waals surface area contributed by atoms with Gasteiger partial charge >= 0.3 is 0 Å². The van der Waals surface area contributed by atoms with Crippen LogP contribution in [0.1, 0.15) is 33.3 Å². The molecule has 0 heterocycles. The molecule has 2 aromatic carbocycles. The molecule has 1 N–H and O–H groups in total. The Bertz CT molecular complexity index is 764. The highest BCUT2D eigenvalue weighted by Gasteiger charge is 2.17. The molecule has 0 aliphatic carbocycles. The standard InChI is InChI=1S/C20H23ClN2O2/c1-14(24)23(18-7-5-6-16(21)12-18)13-19(25)22-17-10-8-15(9-11-17)20(2,3)4/h5-12H,13H2,1-4H3,(H,22,25). The van der Waals surface area contributed by atoms with Crippen LogP contribution in [0.15, 0.2) is 48.5 Å². The van der Waals surface area contributed by atoms with E-state index in [9.17, 15) is 9.59 Å². The predicted octanol–water partition coefficient (Wildman–Crippen LogP) is 4.63. The van der Waals surface area contributed by atoms with Gasteiger partial charge in [-0.15, -0.1) is 0 Å². The third kappa shape index (κ3) is 5.33. The predicted molar refractivity (Wildman–Crippen MR) is 103 cm³/mol. The zero-order valence-electron chi connectivity index (χ0n) is 15.0. The maximum atomic E-state index is 12.3. The second kappa shape index (κ2) is 7.70. The third-order valence-corrected chi connectivity index (χ3v) is 4.07. The van der Waals surface area contributed by atoms with E-state index in [-0.39, 0.29) is 23.8 Å². The monoisotopic (exact) mass is 358 g/mol. The molecular formula is C20H23ClN2O2. The van der Waals surface area contributed by atoms with E-state index < -0.39 is 0 Å². The van der Waals surface area contributed by atoms with Crippen molar-refractivity contribution in [3.8, 4) is 0 Å². The number of hydrogen-bond acceptors (Lipinski definition) is 2. The second-order valence-electron chi connectivity index (χ2n) is 6.96. The van der Waals surface area contributed by atoms with Crippen LogP contribution in [0.5, 0.6) is 0 Å². The van der Waals surface area contributed by atoms with Gasteiger partial charge in [0.05, 0.1) is 0 Å². The molecule has 4 nitrogen and oxygen atoms in total. The van der Waals surface area contributed by atoms with Crippen LogP contribution < -0.4 is 10.2 Å². The minimum absolute atomic E-state index is 0.0561. The highest BCUT2D eigenvalue weighted by Crippen LogP contribution is 2.24. The van der Waals surface area contributed by atoms with Gasteiger partial charge in [0.25, 0.3) is 0 Å². The van der Waals surface area contributed by atoms with Crippen molar-refractivity contribution in [1.29, 1.82) is 0 Å². The van der Waals surface area contributed by atoms with Crippen molar-refractivity contribution in [2.45, 2.75) is 33.1 Å². The van der Waals surface area contributed by atoms with Gasteiger partial charge in [-0.05, 0) is 41.3 Å². The number of rotatable bonds is 4. The molecule has 0 aliphatic heterocycles. The minimum Gasteiger partial charge on any atom is -0.325 e. The summed E-state index contributed by atoms with van der Waals surface area (Å²) in [6, 6.07) is 14.6. The molecule has 132 valence electrons. The molecule has 0 fully saturated rings. The highest BCUT2D eigenvalue weighted by atomic mass is 35.5. The zero-order valence-corrected chi connectivity index (χ0v) is 15.7. The molecule has 0 aliphatic rings. The number of carbonyl (C=O) groups excluding carboxylic acids is 2. The lowest BCUT2D eigenvalue weighted by Gasteiger charge is -2.21. The van der Waals surface area contributed by atoms with Crippen molar-refractivity contribution in [3.05, 3.63) is 59.1 Å². The first-order valence-corrected chi connectivity index (χ1v) is 8.48. The quantitative estimate of drug-likeness (QED) is 0.866. The normalized spacial score (nSPS) is 11.1.